The topological polar surface area (TPSA) is 49.3 Å². The number of carbonyl (C=O) groups is 1. The standard InChI is InChI=1S/C14H23NO2S2/c1-3-9-15-14(2,13(16)17)8-4-5-10-18-12-7-6-11-19-12/h6-7,11,15H,3-5,8-10H2,1-2H3,(H,16,17). The predicted molar refractivity (Wildman–Crippen MR) is 83.2 cm³/mol. The number of nitrogens with one attached hydrogen (secondary N) is 1. The molecule has 2 N–H and O–H groups in total. The summed E-state index contributed by atoms with van der Waals surface area (Å²) in [5.41, 5.74) is -0.774. The highest BCUT2D eigenvalue weighted by atomic mass is 32.2. The Bertz CT molecular complexity index is 368. The molecule has 1 heterocycles. The number of carboxylic acid groups (broad SMARTS) is 1. The predicted octanol–water partition coefficient (Wildman–Crippen LogP) is 3.85. The summed E-state index contributed by atoms with van der Waals surface area (Å²) >= 11 is 3.61. The van der Waals surface area contributed by atoms with Crippen LogP contribution in [0.5, 0.6) is 0 Å². The minimum absolute atomic E-state index is 0.688. The highest BCUT2D eigenvalue weighted by Crippen LogP contribution is 2.25. The highest BCUT2D eigenvalue weighted by molar-refractivity contribution is 8.01. The van der Waals surface area contributed by atoms with E-state index in [9.17, 15) is 9.90 Å². The Morgan fingerprint density at radius 2 is 2.32 bits per heavy atom. The number of hydrogen-bond acceptors (Lipinski definition) is 4. The summed E-state index contributed by atoms with van der Waals surface area (Å²) in [5, 5.41) is 14.5. The van der Waals surface area contributed by atoms with Crippen molar-refractivity contribution in [2.75, 3.05) is 12.3 Å². The molecule has 0 radical (unpaired) electrons. The molecule has 5 heteroatoms. The lowest BCUT2D eigenvalue weighted by Crippen LogP contribution is -2.49. The molecule has 1 aromatic heterocycles. The Balaban J connectivity index is 2.22. The molecule has 0 spiro atoms. The zero-order chi connectivity index (χ0) is 14.1. The van der Waals surface area contributed by atoms with Gasteiger partial charge in [-0.05, 0) is 49.9 Å². The highest BCUT2D eigenvalue weighted by Gasteiger charge is 2.31. The second kappa shape index (κ2) is 8.61. The lowest BCUT2D eigenvalue weighted by molar-refractivity contribution is -0.144. The largest absolute Gasteiger partial charge is 0.480 e. The fourth-order valence-corrected chi connectivity index (χ4v) is 3.63. The van der Waals surface area contributed by atoms with Gasteiger partial charge in [0.25, 0.3) is 0 Å². The maximum absolute atomic E-state index is 11.3. The van der Waals surface area contributed by atoms with Crippen molar-refractivity contribution in [3.63, 3.8) is 0 Å². The molecule has 0 saturated heterocycles. The van der Waals surface area contributed by atoms with E-state index >= 15 is 0 Å². The van der Waals surface area contributed by atoms with Gasteiger partial charge in [0.15, 0.2) is 0 Å². The lowest BCUT2D eigenvalue weighted by Gasteiger charge is -2.26. The number of aliphatic carboxylic acids is 1. The average molecular weight is 301 g/mol. The Labute approximate surface area is 123 Å². The monoisotopic (exact) mass is 301 g/mol. The second-order valence-electron chi connectivity index (χ2n) is 4.80. The maximum atomic E-state index is 11.3. The van der Waals surface area contributed by atoms with E-state index in [4.69, 9.17) is 0 Å². The van der Waals surface area contributed by atoms with Crippen molar-refractivity contribution >= 4 is 29.1 Å². The summed E-state index contributed by atoms with van der Waals surface area (Å²) in [6.07, 6.45) is 3.64. The third-order valence-corrected chi connectivity index (χ3v) is 5.26. The molecule has 0 bridgehead atoms. The van der Waals surface area contributed by atoms with Gasteiger partial charge < -0.3 is 10.4 Å². The molecule has 0 aliphatic carbocycles. The van der Waals surface area contributed by atoms with Gasteiger partial charge in [0.2, 0.25) is 0 Å². The third kappa shape index (κ3) is 5.97. The van der Waals surface area contributed by atoms with E-state index in [1.54, 1.807) is 18.3 Å². The number of carboxylic acids is 1. The molecule has 108 valence electrons. The maximum Gasteiger partial charge on any atom is 0.323 e. The van der Waals surface area contributed by atoms with Gasteiger partial charge in [-0.3, -0.25) is 4.79 Å². The van der Waals surface area contributed by atoms with Crippen LogP contribution in [0.2, 0.25) is 0 Å². The van der Waals surface area contributed by atoms with Crippen molar-refractivity contribution in [2.24, 2.45) is 0 Å². The van der Waals surface area contributed by atoms with Crippen molar-refractivity contribution in [1.29, 1.82) is 0 Å². The molecule has 0 saturated carbocycles. The smallest absolute Gasteiger partial charge is 0.323 e. The number of thiophene rings is 1. The molecule has 1 rings (SSSR count). The van der Waals surface area contributed by atoms with Gasteiger partial charge in [0.1, 0.15) is 5.54 Å². The van der Waals surface area contributed by atoms with Gasteiger partial charge in [0, 0.05) is 0 Å². The molecule has 1 atom stereocenters. The zero-order valence-electron chi connectivity index (χ0n) is 11.6. The SMILES string of the molecule is CCCNC(C)(CCCCSc1cccs1)C(=O)O. The van der Waals surface area contributed by atoms with Crippen LogP contribution in [0.1, 0.15) is 39.5 Å². The Morgan fingerprint density at radius 3 is 2.89 bits per heavy atom. The fourth-order valence-electron chi connectivity index (χ4n) is 1.77. The quantitative estimate of drug-likeness (QED) is 0.509. The number of thioether (sulfide) groups is 1. The molecular weight excluding hydrogens is 278 g/mol. The molecule has 19 heavy (non-hydrogen) atoms. The first kappa shape index (κ1) is 16.5. The second-order valence-corrected chi connectivity index (χ2v) is 7.14. The van der Waals surface area contributed by atoms with Crippen LogP contribution in [-0.4, -0.2) is 28.9 Å². The van der Waals surface area contributed by atoms with E-state index in [-0.39, 0.29) is 0 Å². The fraction of sp³-hybridized carbons (Fsp3) is 0.643. The van der Waals surface area contributed by atoms with Crippen LogP contribution in [0, 0.1) is 0 Å². The molecule has 1 unspecified atom stereocenters. The van der Waals surface area contributed by atoms with E-state index in [1.807, 2.05) is 18.7 Å². The van der Waals surface area contributed by atoms with E-state index in [2.05, 4.69) is 22.8 Å². The van der Waals surface area contributed by atoms with Crippen molar-refractivity contribution in [3.05, 3.63) is 17.5 Å². The first-order chi connectivity index (χ1) is 9.08. The van der Waals surface area contributed by atoms with Gasteiger partial charge in [-0.15, -0.1) is 23.1 Å². The van der Waals surface area contributed by atoms with Gasteiger partial charge in [-0.2, -0.15) is 0 Å². The van der Waals surface area contributed by atoms with E-state index in [1.165, 1.54) is 4.21 Å². The lowest BCUT2D eigenvalue weighted by atomic mass is 9.95. The van der Waals surface area contributed by atoms with E-state index in [0.717, 1.165) is 31.6 Å². The first-order valence-corrected chi connectivity index (χ1v) is 8.60. The van der Waals surface area contributed by atoms with Gasteiger partial charge in [-0.1, -0.05) is 19.4 Å². The molecule has 3 nitrogen and oxygen atoms in total. The summed E-state index contributed by atoms with van der Waals surface area (Å²) in [7, 11) is 0. The summed E-state index contributed by atoms with van der Waals surface area (Å²) < 4.78 is 1.34. The van der Waals surface area contributed by atoms with Crippen molar-refractivity contribution in [1.82, 2.24) is 5.32 Å². The molecule has 1 aromatic rings. The molecule has 0 aromatic carbocycles. The molecular formula is C14H23NO2S2. The number of rotatable bonds is 10. The third-order valence-electron chi connectivity index (χ3n) is 3.05. The molecule has 0 aliphatic rings. The van der Waals surface area contributed by atoms with Crippen LogP contribution >= 0.6 is 23.1 Å². The van der Waals surface area contributed by atoms with Crippen LogP contribution in [0.4, 0.5) is 0 Å². The molecule has 0 aliphatic heterocycles. The number of hydrogen-bond donors (Lipinski definition) is 2. The van der Waals surface area contributed by atoms with E-state index < -0.39 is 11.5 Å². The normalized spacial score (nSPS) is 14.2. The minimum atomic E-state index is -0.774. The Morgan fingerprint density at radius 1 is 1.53 bits per heavy atom. The van der Waals surface area contributed by atoms with Gasteiger partial charge >= 0.3 is 5.97 Å². The average Bonchev–Trinajstić information content (AvgIpc) is 2.89. The Kier molecular flexibility index (Phi) is 7.49. The van der Waals surface area contributed by atoms with Crippen LogP contribution in [0.3, 0.4) is 0 Å². The first-order valence-electron chi connectivity index (χ1n) is 6.73. The summed E-state index contributed by atoms with van der Waals surface area (Å²) in [6, 6.07) is 4.18. The summed E-state index contributed by atoms with van der Waals surface area (Å²) in [4.78, 5) is 11.3. The van der Waals surface area contributed by atoms with Crippen LogP contribution < -0.4 is 5.32 Å². The van der Waals surface area contributed by atoms with Gasteiger partial charge in [-0.25, -0.2) is 0 Å². The molecule has 0 amide bonds. The summed E-state index contributed by atoms with van der Waals surface area (Å²) in [5.74, 6) is 0.316. The molecule has 0 fully saturated rings. The van der Waals surface area contributed by atoms with Crippen molar-refractivity contribution in [3.8, 4) is 0 Å². The minimum Gasteiger partial charge on any atom is -0.480 e. The van der Waals surface area contributed by atoms with Crippen LogP contribution in [0.25, 0.3) is 0 Å². The van der Waals surface area contributed by atoms with E-state index in [0.29, 0.717) is 6.42 Å². The van der Waals surface area contributed by atoms with Crippen molar-refractivity contribution < 1.29 is 9.90 Å². The Hall–Kier alpha value is -0.520. The van der Waals surface area contributed by atoms with Crippen LogP contribution in [-0.2, 0) is 4.79 Å². The van der Waals surface area contributed by atoms with Gasteiger partial charge in [0.05, 0.1) is 4.21 Å². The van der Waals surface area contributed by atoms with Crippen molar-refractivity contribution in [2.45, 2.75) is 49.3 Å². The zero-order valence-corrected chi connectivity index (χ0v) is 13.3. The summed E-state index contributed by atoms with van der Waals surface area (Å²) in [6.45, 7) is 4.59. The van der Waals surface area contributed by atoms with Crippen LogP contribution in [0.15, 0.2) is 21.7 Å². The number of unbranched alkanes of at least 4 members (excludes halogenated alkanes) is 1.